The predicted octanol–water partition coefficient (Wildman–Crippen LogP) is 4.88. The Hall–Kier alpha value is -1.74. The van der Waals surface area contributed by atoms with Crippen LogP contribution in [0.25, 0.3) is 0 Å². The van der Waals surface area contributed by atoms with Gasteiger partial charge in [0.2, 0.25) is 0 Å². The highest BCUT2D eigenvalue weighted by Gasteiger charge is 2.05. The molecule has 2 aromatic rings. The Morgan fingerprint density at radius 3 is 2.62 bits per heavy atom. The fourth-order valence-electron chi connectivity index (χ4n) is 2.15. The third-order valence-electron chi connectivity index (χ3n) is 3.29. The molecule has 0 saturated heterocycles. The van der Waals surface area contributed by atoms with Crippen LogP contribution < -0.4 is 10.1 Å². The maximum atomic E-state index is 13.1. The van der Waals surface area contributed by atoms with Crippen molar-refractivity contribution < 1.29 is 9.13 Å². The SMILES string of the molecule is CCOc1ccc(NCc2ccc(F)cc2C)cc1CCl. The fourth-order valence-corrected chi connectivity index (χ4v) is 2.35. The van der Waals surface area contributed by atoms with E-state index in [0.717, 1.165) is 28.1 Å². The van der Waals surface area contributed by atoms with Gasteiger partial charge in [0.25, 0.3) is 0 Å². The van der Waals surface area contributed by atoms with Crippen molar-refractivity contribution in [3.63, 3.8) is 0 Å². The van der Waals surface area contributed by atoms with Gasteiger partial charge in [0, 0.05) is 17.8 Å². The molecular weight excluding hydrogens is 289 g/mol. The maximum absolute atomic E-state index is 13.1. The molecule has 2 nitrogen and oxygen atoms in total. The summed E-state index contributed by atoms with van der Waals surface area (Å²) >= 11 is 5.95. The van der Waals surface area contributed by atoms with E-state index in [1.807, 2.05) is 32.0 Å². The summed E-state index contributed by atoms with van der Waals surface area (Å²) in [6.45, 7) is 5.11. The molecule has 21 heavy (non-hydrogen) atoms. The number of ether oxygens (including phenoxy) is 1. The van der Waals surface area contributed by atoms with Crippen LogP contribution in [0, 0.1) is 12.7 Å². The van der Waals surface area contributed by atoms with Crippen LogP contribution in [0.1, 0.15) is 23.6 Å². The second-order valence-corrected chi connectivity index (χ2v) is 5.08. The van der Waals surface area contributed by atoms with E-state index in [-0.39, 0.29) is 5.82 Å². The van der Waals surface area contributed by atoms with Crippen LogP contribution in [-0.2, 0) is 12.4 Å². The van der Waals surface area contributed by atoms with Gasteiger partial charge in [0.1, 0.15) is 11.6 Å². The van der Waals surface area contributed by atoms with Gasteiger partial charge in [-0.2, -0.15) is 0 Å². The predicted molar refractivity (Wildman–Crippen MR) is 85.6 cm³/mol. The van der Waals surface area contributed by atoms with E-state index in [1.165, 1.54) is 6.07 Å². The second-order valence-electron chi connectivity index (χ2n) is 4.81. The van der Waals surface area contributed by atoms with Crippen LogP contribution >= 0.6 is 11.6 Å². The summed E-state index contributed by atoms with van der Waals surface area (Å²) < 4.78 is 18.6. The Morgan fingerprint density at radius 1 is 1.14 bits per heavy atom. The molecule has 0 spiro atoms. The molecule has 1 N–H and O–H groups in total. The number of halogens is 2. The first-order valence-corrected chi connectivity index (χ1v) is 7.48. The molecule has 2 rings (SSSR count). The standard InChI is InChI=1S/C17H19ClFNO/c1-3-21-17-7-6-16(9-14(17)10-18)20-11-13-4-5-15(19)8-12(13)2/h4-9,20H,3,10-11H2,1-2H3. The quantitative estimate of drug-likeness (QED) is 0.768. The van der Waals surface area contributed by atoms with E-state index in [4.69, 9.17) is 16.3 Å². The minimum atomic E-state index is -0.207. The summed E-state index contributed by atoms with van der Waals surface area (Å²) in [6, 6.07) is 10.7. The highest BCUT2D eigenvalue weighted by molar-refractivity contribution is 6.17. The minimum Gasteiger partial charge on any atom is -0.494 e. The Kier molecular flexibility index (Phi) is 5.45. The Morgan fingerprint density at radius 2 is 1.95 bits per heavy atom. The van der Waals surface area contributed by atoms with Crippen LogP contribution in [0.4, 0.5) is 10.1 Å². The summed E-state index contributed by atoms with van der Waals surface area (Å²) in [6.07, 6.45) is 0. The zero-order valence-electron chi connectivity index (χ0n) is 12.2. The molecular formula is C17H19ClFNO. The van der Waals surface area contributed by atoms with Crippen molar-refractivity contribution in [3.05, 3.63) is 58.9 Å². The van der Waals surface area contributed by atoms with Gasteiger partial charge < -0.3 is 10.1 Å². The van der Waals surface area contributed by atoms with Gasteiger partial charge in [-0.25, -0.2) is 4.39 Å². The third-order valence-corrected chi connectivity index (χ3v) is 3.58. The van der Waals surface area contributed by atoms with E-state index >= 15 is 0 Å². The zero-order chi connectivity index (χ0) is 15.2. The van der Waals surface area contributed by atoms with Gasteiger partial charge in [0.15, 0.2) is 0 Å². The molecule has 0 bridgehead atoms. The Balaban J connectivity index is 2.09. The minimum absolute atomic E-state index is 0.207. The number of alkyl halides is 1. The molecule has 112 valence electrons. The van der Waals surface area contributed by atoms with Crippen LogP contribution in [0.3, 0.4) is 0 Å². The van der Waals surface area contributed by atoms with Crippen molar-refractivity contribution in [2.45, 2.75) is 26.3 Å². The van der Waals surface area contributed by atoms with Crippen molar-refractivity contribution in [3.8, 4) is 5.75 Å². The van der Waals surface area contributed by atoms with Crippen LogP contribution in [-0.4, -0.2) is 6.61 Å². The fraction of sp³-hybridized carbons (Fsp3) is 0.294. The summed E-state index contributed by atoms with van der Waals surface area (Å²) in [5, 5.41) is 3.33. The molecule has 0 aliphatic carbocycles. The summed E-state index contributed by atoms with van der Waals surface area (Å²) in [5.41, 5.74) is 3.93. The third kappa shape index (κ3) is 4.11. The molecule has 0 aliphatic heterocycles. The van der Waals surface area contributed by atoms with Crippen LogP contribution in [0.15, 0.2) is 36.4 Å². The molecule has 0 saturated carbocycles. The highest BCUT2D eigenvalue weighted by atomic mass is 35.5. The van der Waals surface area contributed by atoms with E-state index < -0.39 is 0 Å². The maximum Gasteiger partial charge on any atom is 0.123 e. The molecule has 0 unspecified atom stereocenters. The summed E-state index contributed by atoms with van der Waals surface area (Å²) in [4.78, 5) is 0. The topological polar surface area (TPSA) is 21.3 Å². The molecule has 0 radical (unpaired) electrons. The molecule has 0 aromatic heterocycles. The van der Waals surface area contributed by atoms with Gasteiger partial charge in [0.05, 0.1) is 12.5 Å². The average molecular weight is 308 g/mol. The van der Waals surface area contributed by atoms with Crippen molar-refractivity contribution >= 4 is 17.3 Å². The van der Waals surface area contributed by atoms with Gasteiger partial charge in [-0.1, -0.05) is 6.07 Å². The number of hydrogen-bond donors (Lipinski definition) is 1. The van der Waals surface area contributed by atoms with Crippen molar-refractivity contribution in [2.75, 3.05) is 11.9 Å². The summed E-state index contributed by atoms with van der Waals surface area (Å²) in [5.74, 6) is 1.01. The van der Waals surface area contributed by atoms with Crippen molar-refractivity contribution in [2.24, 2.45) is 0 Å². The smallest absolute Gasteiger partial charge is 0.123 e. The van der Waals surface area contributed by atoms with E-state index in [9.17, 15) is 4.39 Å². The molecule has 0 aliphatic rings. The lowest BCUT2D eigenvalue weighted by molar-refractivity contribution is 0.337. The Labute approximate surface area is 129 Å². The first-order valence-electron chi connectivity index (χ1n) is 6.94. The molecule has 4 heteroatoms. The van der Waals surface area contributed by atoms with Crippen molar-refractivity contribution in [1.29, 1.82) is 0 Å². The number of hydrogen-bond acceptors (Lipinski definition) is 2. The largest absolute Gasteiger partial charge is 0.494 e. The van der Waals surface area contributed by atoms with Gasteiger partial charge in [-0.3, -0.25) is 0 Å². The number of rotatable bonds is 6. The molecule has 2 aromatic carbocycles. The van der Waals surface area contributed by atoms with Gasteiger partial charge in [-0.15, -0.1) is 11.6 Å². The lowest BCUT2D eigenvalue weighted by atomic mass is 10.1. The highest BCUT2D eigenvalue weighted by Crippen LogP contribution is 2.25. The zero-order valence-corrected chi connectivity index (χ0v) is 13.0. The number of nitrogens with one attached hydrogen (secondary N) is 1. The van der Waals surface area contributed by atoms with Crippen LogP contribution in [0.2, 0.25) is 0 Å². The van der Waals surface area contributed by atoms with Crippen LogP contribution in [0.5, 0.6) is 5.75 Å². The molecule has 0 fully saturated rings. The average Bonchev–Trinajstić information content (AvgIpc) is 2.47. The number of anilines is 1. The van der Waals surface area contributed by atoms with E-state index in [1.54, 1.807) is 12.1 Å². The van der Waals surface area contributed by atoms with Gasteiger partial charge >= 0.3 is 0 Å². The lowest BCUT2D eigenvalue weighted by Gasteiger charge is -2.13. The van der Waals surface area contributed by atoms with Crippen molar-refractivity contribution in [1.82, 2.24) is 0 Å². The Bertz CT molecular complexity index is 616. The number of benzene rings is 2. The first-order chi connectivity index (χ1) is 10.1. The van der Waals surface area contributed by atoms with E-state index in [0.29, 0.717) is 19.0 Å². The lowest BCUT2D eigenvalue weighted by Crippen LogP contribution is -2.03. The number of aryl methyl sites for hydroxylation is 1. The first kappa shape index (κ1) is 15.6. The normalized spacial score (nSPS) is 10.5. The molecule has 0 amide bonds. The second kappa shape index (κ2) is 7.32. The summed E-state index contributed by atoms with van der Waals surface area (Å²) in [7, 11) is 0. The molecule has 0 heterocycles. The monoisotopic (exact) mass is 307 g/mol. The van der Waals surface area contributed by atoms with Gasteiger partial charge in [-0.05, 0) is 55.3 Å². The molecule has 0 atom stereocenters. The van der Waals surface area contributed by atoms with E-state index in [2.05, 4.69) is 5.32 Å².